The van der Waals surface area contributed by atoms with Crippen molar-refractivity contribution in [2.45, 2.75) is 39.5 Å². The molecular weight excluding hydrogens is 272 g/mol. The third-order valence-electron chi connectivity index (χ3n) is 3.76. The summed E-state index contributed by atoms with van der Waals surface area (Å²) in [5.74, 6) is 2.03. The maximum Gasteiger partial charge on any atom is 0.122 e. The van der Waals surface area contributed by atoms with Crippen LogP contribution in [0.5, 0.6) is 11.5 Å². The summed E-state index contributed by atoms with van der Waals surface area (Å²) < 4.78 is 11.7. The average molecular weight is 298 g/mol. The molecule has 2 aromatic carbocycles. The highest BCUT2D eigenvalue weighted by molar-refractivity contribution is 5.33. The Morgan fingerprint density at radius 1 is 0.636 bits per heavy atom. The predicted molar refractivity (Wildman–Crippen MR) is 91.9 cm³/mol. The molecule has 0 fully saturated rings. The largest absolute Gasteiger partial charge is 0.493 e. The van der Waals surface area contributed by atoms with E-state index in [1.165, 1.54) is 11.1 Å². The number of unbranched alkanes of at least 4 members (excludes halogenated alkanes) is 1. The van der Waals surface area contributed by atoms with Crippen LogP contribution in [0, 0.1) is 0 Å². The fourth-order valence-corrected chi connectivity index (χ4v) is 2.44. The van der Waals surface area contributed by atoms with E-state index in [1.54, 1.807) is 0 Å². The molecule has 0 spiro atoms. The summed E-state index contributed by atoms with van der Waals surface area (Å²) in [4.78, 5) is 0. The summed E-state index contributed by atoms with van der Waals surface area (Å²) in [5, 5.41) is 0. The van der Waals surface area contributed by atoms with Crippen molar-refractivity contribution in [3.63, 3.8) is 0 Å². The zero-order valence-electron chi connectivity index (χ0n) is 13.7. The van der Waals surface area contributed by atoms with E-state index in [2.05, 4.69) is 38.1 Å². The molecule has 0 amide bonds. The van der Waals surface area contributed by atoms with E-state index in [9.17, 15) is 0 Å². The quantitative estimate of drug-likeness (QED) is 0.603. The van der Waals surface area contributed by atoms with Gasteiger partial charge in [-0.15, -0.1) is 0 Å². The van der Waals surface area contributed by atoms with Crippen molar-refractivity contribution < 1.29 is 9.47 Å². The molecule has 0 atom stereocenters. The first-order valence-electron chi connectivity index (χ1n) is 8.26. The second-order valence-corrected chi connectivity index (χ2v) is 5.33. The van der Waals surface area contributed by atoms with E-state index in [1.807, 2.05) is 24.3 Å². The van der Waals surface area contributed by atoms with Crippen molar-refractivity contribution in [3.8, 4) is 11.5 Å². The number of para-hydroxylation sites is 2. The topological polar surface area (TPSA) is 18.5 Å². The fourth-order valence-electron chi connectivity index (χ4n) is 2.44. The lowest BCUT2D eigenvalue weighted by Crippen LogP contribution is -2.04. The number of hydrogen-bond acceptors (Lipinski definition) is 2. The molecule has 2 aromatic rings. The summed E-state index contributed by atoms with van der Waals surface area (Å²) in [5.41, 5.74) is 2.55. The molecule has 22 heavy (non-hydrogen) atoms. The SMILES string of the molecule is CCc1ccccc1OCCCCOc1ccccc1CC. The molecule has 0 saturated heterocycles. The van der Waals surface area contributed by atoms with Crippen molar-refractivity contribution >= 4 is 0 Å². The Morgan fingerprint density at radius 2 is 1.05 bits per heavy atom. The van der Waals surface area contributed by atoms with Gasteiger partial charge in [-0.1, -0.05) is 50.2 Å². The molecule has 0 aliphatic rings. The summed E-state index contributed by atoms with van der Waals surface area (Å²) >= 11 is 0. The van der Waals surface area contributed by atoms with Gasteiger partial charge in [-0.3, -0.25) is 0 Å². The van der Waals surface area contributed by atoms with Crippen LogP contribution in [0.25, 0.3) is 0 Å². The minimum absolute atomic E-state index is 0.746. The zero-order valence-corrected chi connectivity index (χ0v) is 13.7. The van der Waals surface area contributed by atoms with E-state index in [-0.39, 0.29) is 0 Å². The fraction of sp³-hybridized carbons (Fsp3) is 0.400. The lowest BCUT2D eigenvalue weighted by atomic mass is 10.1. The van der Waals surface area contributed by atoms with Gasteiger partial charge in [0.05, 0.1) is 13.2 Å². The van der Waals surface area contributed by atoms with Gasteiger partial charge in [-0.2, -0.15) is 0 Å². The Morgan fingerprint density at radius 3 is 1.45 bits per heavy atom. The van der Waals surface area contributed by atoms with Crippen LogP contribution in [0.3, 0.4) is 0 Å². The molecule has 118 valence electrons. The van der Waals surface area contributed by atoms with Crippen LogP contribution < -0.4 is 9.47 Å². The maximum absolute atomic E-state index is 5.87. The van der Waals surface area contributed by atoms with Crippen LogP contribution in [0.4, 0.5) is 0 Å². The van der Waals surface area contributed by atoms with E-state index in [0.717, 1.165) is 50.4 Å². The van der Waals surface area contributed by atoms with Gasteiger partial charge in [-0.05, 0) is 48.9 Å². The van der Waals surface area contributed by atoms with Gasteiger partial charge in [0.15, 0.2) is 0 Å². The highest BCUT2D eigenvalue weighted by Gasteiger charge is 2.02. The molecule has 0 heterocycles. The van der Waals surface area contributed by atoms with Gasteiger partial charge in [0.2, 0.25) is 0 Å². The van der Waals surface area contributed by atoms with Gasteiger partial charge < -0.3 is 9.47 Å². The third kappa shape index (κ3) is 4.80. The van der Waals surface area contributed by atoms with E-state index in [4.69, 9.17) is 9.47 Å². The number of aryl methyl sites for hydroxylation is 2. The van der Waals surface area contributed by atoms with E-state index >= 15 is 0 Å². The molecule has 0 aliphatic heterocycles. The normalized spacial score (nSPS) is 10.5. The van der Waals surface area contributed by atoms with Crippen LogP contribution in [0.2, 0.25) is 0 Å². The van der Waals surface area contributed by atoms with Gasteiger partial charge in [-0.25, -0.2) is 0 Å². The molecular formula is C20H26O2. The predicted octanol–water partition coefficient (Wildman–Crippen LogP) is 5.05. The minimum atomic E-state index is 0.746. The van der Waals surface area contributed by atoms with Gasteiger partial charge >= 0.3 is 0 Å². The van der Waals surface area contributed by atoms with Crippen LogP contribution in [0.15, 0.2) is 48.5 Å². The molecule has 0 aliphatic carbocycles. The van der Waals surface area contributed by atoms with E-state index < -0.39 is 0 Å². The number of ether oxygens (including phenoxy) is 2. The summed E-state index contributed by atoms with van der Waals surface area (Å²) in [7, 11) is 0. The number of benzene rings is 2. The van der Waals surface area contributed by atoms with Crippen molar-refractivity contribution in [1.82, 2.24) is 0 Å². The average Bonchev–Trinajstić information content (AvgIpc) is 2.58. The standard InChI is InChI=1S/C20H26O2/c1-3-17-11-5-7-13-19(17)21-15-9-10-16-22-20-14-8-6-12-18(20)4-2/h5-8,11-14H,3-4,9-10,15-16H2,1-2H3. The monoisotopic (exact) mass is 298 g/mol. The van der Waals surface area contributed by atoms with Crippen LogP contribution in [-0.4, -0.2) is 13.2 Å². The smallest absolute Gasteiger partial charge is 0.122 e. The van der Waals surface area contributed by atoms with Crippen molar-refractivity contribution in [2.24, 2.45) is 0 Å². The Bertz CT molecular complexity index is 512. The Balaban J connectivity index is 1.67. The maximum atomic E-state index is 5.87. The molecule has 2 rings (SSSR count). The summed E-state index contributed by atoms with van der Waals surface area (Å²) in [6, 6.07) is 16.5. The molecule has 2 nitrogen and oxygen atoms in total. The third-order valence-corrected chi connectivity index (χ3v) is 3.76. The van der Waals surface area contributed by atoms with Crippen LogP contribution in [0.1, 0.15) is 37.8 Å². The first-order chi connectivity index (χ1) is 10.8. The molecule has 0 saturated carbocycles. The van der Waals surface area contributed by atoms with Crippen molar-refractivity contribution in [3.05, 3.63) is 59.7 Å². The Kier molecular flexibility index (Phi) is 6.82. The summed E-state index contributed by atoms with van der Waals surface area (Å²) in [6.45, 7) is 5.80. The molecule has 0 unspecified atom stereocenters. The second-order valence-electron chi connectivity index (χ2n) is 5.33. The number of hydrogen-bond donors (Lipinski definition) is 0. The first-order valence-corrected chi connectivity index (χ1v) is 8.26. The summed E-state index contributed by atoms with van der Waals surface area (Å²) in [6.07, 6.45) is 4.03. The van der Waals surface area contributed by atoms with Gasteiger partial charge in [0.1, 0.15) is 11.5 Å². The molecule has 0 bridgehead atoms. The van der Waals surface area contributed by atoms with Gasteiger partial charge in [0.25, 0.3) is 0 Å². The molecule has 0 radical (unpaired) electrons. The molecule has 0 N–H and O–H groups in total. The Labute approximate surface area is 134 Å². The second kappa shape index (κ2) is 9.14. The van der Waals surface area contributed by atoms with Crippen LogP contribution in [-0.2, 0) is 12.8 Å². The Hall–Kier alpha value is -1.96. The molecule has 0 aromatic heterocycles. The van der Waals surface area contributed by atoms with Crippen molar-refractivity contribution in [2.75, 3.05) is 13.2 Å². The lowest BCUT2D eigenvalue weighted by Gasteiger charge is -2.11. The first kappa shape index (κ1) is 16.4. The molecule has 2 heteroatoms. The zero-order chi connectivity index (χ0) is 15.6. The minimum Gasteiger partial charge on any atom is -0.493 e. The highest BCUT2D eigenvalue weighted by atomic mass is 16.5. The number of rotatable bonds is 9. The highest BCUT2D eigenvalue weighted by Crippen LogP contribution is 2.20. The lowest BCUT2D eigenvalue weighted by molar-refractivity contribution is 0.264. The van der Waals surface area contributed by atoms with Crippen molar-refractivity contribution in [1.29, 1.82) is 0 Å². The van der Waals surface area contributed by atoms with Crippen LogP contribution >= 0.6 is 0 Å². The van der Waals surface area contributed by atoms with E-state index in [0.29, 0.717) is 0 Å². The van der Waals surface area contributed by atoms with Gasteiger partial charge in [0, 0.05) is 0 Å².